The Kier molecular flexibility index (Phi) is 8.83. The van der Waals surface area contributed by atoms with Crippen LogP contribution in [0.1, 0.15) is 47.8 Å². The van der Waals surface area contributed by atoms with E-state index in [4.69, 9.17) is 4.98 Å². The van der Waals surface area contributed by atoms with Gasteiger partial charge in [-0.05, 0) is 74.3 Å². The zero-order valence-corrected chi connectivity index (χ0v) is 20.2. The van der Waals surface area contributed by atoms with Crippen molar-refractivity contribution in [2.45, 2.75) is 41.0 Å². The number of aromatic nitrogens is 1. The highest BCUT2D eigenvalue weighted by atomic mass is 35.5. The summed E-state index contributed by atoms with van der Waals surface area (Å²) in [4.78, 5) is 22.5. The van der Waals surface area contributed by atoms with E-state index in [1.54, 1.807) is 11.3 Å². The highest BCUT2D eigenvalue weighted by Gasteiger charge is 2.22. The number of halogens is 1. The molecule has 0 saturated heterocycles. The van der Waals surface area contributed by atoms with Crippen LogP contribution >= 0.6 is 23.7 Å². The molecule has 4 nitrogen and oxygen atoms in total. The van der Waals surface area contributed by atoms with Crippen molar-refractivity contribution in [1.82, 2.24) is 9.88 Å². The number of rotatable bonds is 8. The smallest absolute Gasteiger partial charge is 0.260 e. The second-order valence-corrected chi connectivity index (χ2v) is 8.44. The molecule has 0 unspecified atom stereocenters. The summed E-state index contributed by atoms with van der Waals surface area (Å²) in [5.74, 6) is 0.0232. The molecular weight excluding hydrogens is 414 g/mol. The average Bonchev–Trinajstić information content (AvgIpc) is 3.15. The molecule has 30 heavy (non-hydrogen) atoms. The monoisotopic (exact) mass is 445 g/mol. The maximum absolute atomic E-state index is 13.5. The van der Waals surface area contributed by atoms with Crippen molar-refractivity contribution in [2.24, 2.45) is 0 Å². The van der Waals surface area contributed by atoms with Crippen LogP contribution in [-0.2, 0) is 6.42 Å². The number of hydrogen-bond acceptors (Lipinski definition) is 4. The second-order valence-electron chi connectivity index (χ2n) is 7.43. The van der Waals surface area contributed by atoms with Gasteiger partial charge >= 0.3 is 0 Å². The molecule has 1 amide bonds. The molecule has 0 aliphatic heterocycles. The van der Waals surface area contributed by atoms with Crippen LogP contribution in [0.25, 0.3) is 10.2 Å². The third-order valence-electron chi connectivity index (χ3n) is 5.61. The SMILES string of the molecule is CCc1ccc2nc(N(CCN(CC)CC)C(=O)c3ccc(C)c(C)c3)sc2c1.Cl. The lowest BCUT2D eigenvalue weighted by Gasteiger charge is -2.25. The van der Waals surface area contributed by atoms with E-state index in [9.17, 15) is 4.79 Å². The zero-order valence-electron chi connectivity index (χ0n) is 18.6. The van der Waals surface area contributed by atoms with Crippen LogP contribution < -0.4 is 4.90 Å². The van der Waals surface area contributed by atoms with E-state index < -0.39 is 0 Å². The third kappa shape index (κ3) is 5.39. The van der Waals surface area contributed by atoms with Crippen LogP contribution in [0.2, 0.25) is 0 Å². The standard InChI is InChI=1S/C24H31N3OS.ClH/c1-6-19-10-12-21-22(16-19)29-24(25-21)27(14-13-26(7-2)8-3)23(28)20-11-9-17(4)18(5)15-20;/h9-12,15-16H,6-8,13-14H2,1-5H3;1H. The molecule has 2 aromatic carbocycles. The van der Waals surface area contributed by atoms with Crippen LogP contribution in [0.15, 0.2) is 36.4 Å². The van der Waals surface area contributed by atoms with Crippen molar-refractivity contribution in [1.29, 1.82) is 0 Å². The topological polar surface area (TPSA) is 36.4 Å². The lowest BCUT2D eigenvalue weighted by atomic mass is 10.1. The zero-order chi connectivity index (χ0) is 21.0. The number of aryl methyl sites for hydroxylation is 3. The first-order valence-corrected chi connectivity index (χ1v) is 11.3. The lowest BCUT2D eigenvalue weighted by Crippen LogP contribution is -2.38. The van der Waals surface area contributed by atoms with E-state index in [0.29, 0.717) is 6.54 Å². The van der Waals surface area contributed by atoms with Gasteiger partial charge in [0.2, 0.25) is 0 Å². The number of hydrogen-bond donors (Lipinski definition) is 0. The molecule has 0 saturated carbocycles. The summed E-state index contributed by atoms with van der Waals surface area (Å²) in [5.41, 5.74) is 5.31. The van der Waals surface area contributed by atoms with Gasteiger partial charge in [0.15, 0.2) is 5.13 Å². The number of likely N-dealkylation sites (N-methyl/N-ethyl adjacent to an activating group) is 1. The molecule has 162 valence electrons. The van der Waals surface area contributed by atoms with Gasteiger partial charge in [-0.3, -0.25) is 9.69 Å². The maximum Gasteiger partial charge on any atom is 0.260 e. The highest BCUT2D eigenvalue weighted by molar-refractivity contribution is 7.22. The predicted molar refractivity (Wildman–Crippen MR) is 132 cm³/mol. The number of benzene rings is 2. The van der Waals surface area contributed by atoms with Crippen LogP contribution in [0, 0.1) is 13.8 Å². The Balaban J connectivity index is 0.00000320. The Morgan fingerprint density at radius 3 is 2.33 bits per heavy atom. The van der Waals surface area contributed by atoms with Crippen molar-refractivity contribution in [3.63, 3.8) is 0 Å². The van der Waals surface area contributed by atoms with Crippen LogP contribution in [0.3, 0.4) is 0 Å². The summed E-state index contributed by atoms with van der Waals surface area (Å²) < 4.78 is 1.14. The minimum absolute atomic E-state index is 0. The van der Waals surface area contributed by atoms with Crippen LogP contribution in [0.5, 0.6) is 0 Å². The van der Waals surface area contributed by atoms with E-state index in [0.717, 1.165) is 52.5 Å². The number of carbonyl (C=O) groups is 1. The maximum atomic E-state index is 13.5. The Hall–Kier alpha value is -1.95. The third-order valence-corrected chi connectivity index (χ3v) is 6.66. The summed E-state index contributed by atoms with van der Waals surface area (Å²) in [6, 6.07) is 12.3. The van der Waals surface area contributed by atoms with Crippen molar-refractivity contribution >= 4 is 45.0 Å². The molecule has 1 aromatic heterocycles. The molecule has 3 rings (SSSR count). The van der Waals surface area contributed by atoms with Gasteiger partial charge in [-0.25, -0.2) is 4.98 Å². The predicted octanol–water partition coefficient (Wildman–Crippen LogP) is 5.89. The van der Waals surface area contributed by atoms with Gasteiger partial charge in [0, 0.05) is 18.7 Å². The molecule has 0 radical (unpaired) electrons. The molecule has 0 aliphatic rings. The van der Waals surface area contributed by atoms with Gasteiger partial charge < -0.3 is 4.90 Å². The minimum atomic E-state index is 0. The van der Waals surface area contributed by atoms with E-state index >= 15 is 0 Å². The number of thiazole rings is 1. The van der Waals surface area contributed by atoms with Crippen LogP contribution in [0.4, 0.5) is 5.13 Å². The van der Waals surface area contributed by atoms with E-state index in [1.165, 1.54) is 11.1 Å². The number of carbonyl (C=O) groups excluding carboxylic acids is 1. The van der Waals surface area contributed by atoms with Crippen molar-refractivity contribution < 1.29 is 4.79 Å². The van der Waals surface area contributed by atoms with Gasteiger partial charge in [0.25, 0.3) is 5.91 Å². The van der Waals surface area contributed by atoms with Crippen molar-refractivity contribution in [3.05, 3.63) is 58.7 Å². The number of anilines is 1. The molecular formula is C24H32ClN3OS. The Bertz CT molecular complexity index is 997. The molecule has 6 heteroatoms. The molecule has 0 atom stereocenters. The number of fused-ring (bicyclic) bond motifs is 1. The average molecular weight is 446 g/mol. The Morgan fingerprint density at radius 2 is 1.70 bits per heavy atom. The normalized spacial score (nSPS) is 11.0. The van der Waals surface area contributed by atoms with E-state index in [-0.39, 0.29) is 18.3 Å². The highest BCUT2D eigenvalue weighted by Crippen LogP contribution is 2.31. The molecule has 0 bridgehead atoms. The van der Waals surface area contributed by atoms with Crippen LogP contribution in [-0.4, -0.2) is 42.0 Å². The molecule has 3 aromatic rings. The molecule has 0 aliphatic carbocycles. The molecule has 0 spiro atoms. The summed E-state index contributed by atoms with van der Waals surface area (Å²) in [6.45, 7) is 14.0. The largest absolute Gasteiger partial charge is 0.302 e. The Morgan fingerprint density at radius 1 is 0.967 bits per heavy atom. The fourth-order valence-corrected chi connectivity index (χ4v) is 4.44. The summed E-state index contributed by atoms with van der Waals surface area (Å²) in [7, 11) is 0. The minimum Gasteiger partial charge on any atom is -0.302 e. The van der Waals surface area contributed by atoms with Crippen molar-refractivity contribution in [3.8, 4) is 0 Å². The fourth-order valence-electron chi connectivity index (χ4n) is 3.39. The molecule has 1 heterocycles. The van der Waals surface area contributed by atoms with Gasteiger partial charge in [0.1, 0.15) is 0 Å². The van der Waals surface area contributed by atoms with Gasteiger partial charge in [-0.2, -0.15) is 0 Å². The van der Waals surface area contributed by atoms with Crippen molar-refractivity contribution in [2.75, 3.05) is 31.1 Å². The quantitative estimate of drug-likeness (QED) is 0.434. The van der Waals surface area contributed by atoms with E-state index in [1.807, 2.05) is 23.1 Å². The number of amides is 1. The Labute approximate surface area is 190 Å². The summed E-state index contributed by atoms with van der Waals surface area (Å²) in [6.07, 6.45) is 0.996. The first kappa shape index (κ1) is 24.3. The first-order valence-electron chi connectivity index (χ1n) is 10.5. The molecule has 0 N–H and O–H groups in total. The van der Waals surface area contributed by atoms with Gasteiger partial charge in [-0.15, -0.1) is 12.4 Å². The second kappa shape index (κ2) is 10.9. The molecule has 0 fully saturated rings. The van der Waals surface area contributed by atoms with E-state index in [2.05, 4.69) is 57.7 Å². The fraction of sp³-hybridized carbons (Fsp3) is 0.417. The van der Waals surface area contributed by atoms with Gasteiger partial charge in [0.05, 0.1) is 10.2 Å². The first-order chi connectivity index (χ1) is 14.0. The van der Waals surface area contributed by atoms with Gasteiger partial charge in [-0.1, -0.05) is 44.2 Å². The lowest BCUT2D eigenvalue weighted by molar-refractivity contribution is 0.0983. The summed E-state index contributed by atoms with van der Waals surface area (Å²) in [5, 5.41) is 0.781. The number of nitrogens with zero attached hydrogens (tertiary/aromatic N) is 3. The summed E-state index contributed by atoms with van der Waals surface area (Å²) >= 11 is 1.61.